The largest absolute Gasteiger partial charge is 0.370 e. The van der Waals surface area contributed by atoms with Crippen molar-refractivity contribution < 1.29 is 4.74 Å². The summed E-state index contributed by atoms with van der Waals surface area (Å²) in [5.74, 6) is 0. The first-order chi connectivity index (χ1) is 8.93. The molecule has 0 spiro atoms. The van der Waals surface area contributed by atoms with E-state index in [2.05, 4.69) is 4.98 Å². The molecule has 0 unspecified atom stereocenters. The van der Waals surface area contributed by atoms with Crippen molar-refractivity contribution in [2.45, 2.75) is 45.9 Å². The normalized spacial score (nSPS) is 17.6. The maximum Gasteiger partial charge on any atom is 0.329 e. The van der Waals surface area contributed by atoms with E-state index in [-0.39, 0.29) is 16.9 Å². The van der Waals surface area contributed by atoms with Crippen LogP contribution in [0.25, 0.3) is 10.2 Å². The zero-order valence-corrected chi connectivity index (χ0v) is 12.0. The molecule has 0 amide bonds. The topological polar surface area (TPSA) is 64.1 Å². The molecule has 0 atom stereocenters. The van der Waals surface area contributed by atoms with Crippen LogP contribution in [0.4, 0.5) is 0 Å². The lowest BCUT2D eigenvalue weighted by Crippen LogP contribution is -2.33. The molecule has 1 aliphatic heterocycles. The molecule has 1 N–H and O–H groups in total. The van der Waals surface area contributed by atoms with Gasteiger partial charge in [0, 0.05) is 17.8 Å². The first kappa shape index (κ1) is 12.6. The van der Waals surface area contributed by atoms with E-state index in [1.807, 2.05) is 20.8 Å². The van der Waals surface area contributed by atoms with E-state index in [9.17, 15) is 9.59 Å². The minimum absolute atomic E-state index is 0.263. The summed E-state index contributed by atoms with van der Waals surface area (Å²) >= 11 is 1.50. The fourth-order valence-electron chi connectivity index (χ4n) is 2.57. The predicted molar refractivity (Wildman–Crippen MR) is 75.0 cm³/mol. The quantitative estimate of drug-likeness (QED) is 0.863. The van der Waals surface area contributed by atoms with Gasteiger partial charge in [0.1, 0.15) is 4.83 Å². The van der Waals surface area contributed by atoms with Gasteiger partial charge in [-0.25, -0.2) is 4.79 Å². The Bertz CT molecular complexity index is 767. The van der Waals surface area contributed by atoms with Gasteiger partial charge in [-0.05, 0) is 26.3 Å². The number of hydrogen-bond acceptors (Lipinski definition) is 4. The van der Waals surface area contributed by atoms with E-state index in [0.29, 0.717) is 25.0 Å². The van der Waals surface area contributed by atoms with Gasteiger partial charge >= 0.3 is 5.69 Å². The van der Waals surface area contributed by atoms with E-state index < -0.39 is 0 Å². The van der Waals surface area contributed by atoms with Crippen molar-refractivity contribution in [2.75, 3.05) is 0 Å². The summed E-state index contributed by atoms with van der Waals surface area (Å²) in [6.45, 7) is 7.00. The van der Waals surface area contributed by atoms with Crippen LogP contribution in [-0.4, -0.2) is 15.2 Å². The van der Waals surface area contributed by atoms with Crippen LogP contribution in [-0.2, 0) is 24.3 Å². The number of aryl methyl sites for hydroxylation is 1. The lowest BCUT2D eigenvalue weighted by atomic mass is 9.94. The summed E-state index contributed by atoms with van der Waals surface area (Å²) in [4.78, 5) is 28.2. The van der Waals surface area contributed by atoms with Gasteiger partial charge in [0.2, 0.25) is 0 Å². The average molecular weight is 280 g/mol. The molecule has 3 heterocycles. The highest BCUT2D eigenvalue weighted by Gasteiger charge is 2.30. The Morgan fingerprint density at radius 3 is 2.84 bits per heavy atom. The fraction of sp³-hybridized carbons (Fsp3) is 0.538. The molecule has 2 aromatic rings. The van der Waals surface area contributed by atoms with Gasteiger partial charge in [-0.3, -0.25) is 14.3 Å². The zero-order valence-electron chi connectivity index (χ0n) is 11.2. The maximum absolute atomic E-state index is 12.1. The molecule has 3 rings (SSSR count). The smallest absolute Gasteiger partial charge is 0.329 e. The SMILES string of the molecule is CCn1c(=O)[nH]c(=O)c2c3c(sc21)COC(C)(C)C3. The van der Waals surface area contributed by atoms with E-state index in [1.54, 1.807) is 4.57 Å². The summed E-state index contributed by atoms with van der Waals surface area (Å²) in [7, 11) is 0. The first-order valence-corrected chi connectivity index (χ1v) is 7.16. The predicted octanol–water partition coefficient (Wildman–Crippen LogP) is 1.62. The Balaban J connectivity index is 2.39. The standard InChI is InChI=1S/C13H16N2O3S/c1-4-15-11-9(10(16)14-12(15)17)7-5-13(2,3)18-6-8(7)19-11/h4-6H2,1-3H3,(H,14,16,17). The van der Waals surface area contributed by atoms with Crippen LogP contribution in [0, 0.1) is 0 Å². The number of aromatic nitrogens is 2. The third kappa shape index (κ3) is 1.86. The summed E-state index contributed by atoms with van der Waals surface area (Å²) in [5, 5.41) is 0.665. The minimum atomic E-state index is -0.334. The van der Waals surface area contributed by atoms with Crippen LogP contribution >= 0.6 is 11.3 Å². The van der Waals surface area contributed by atoms with E-state index in [4.69, 9.17) is 4.74 Å². The van der Waals surface area contributed by atoms with Crippen LogP contribution < -0.4 is 11.2 Å². The van der Waals surface area contributed by atoms with Crippen LogP contribution in [0.15, 0.2) is 9.59 Å². The lowest BCUT2D eigenvalue weighted by molar-refractivity contribution is -0.0379. The lowest BCUT2D eigenvalue weighted by Gasteiger charge is -2.29. The van der Waals surface area contributed by atoms with E-state index in [1.165, 1.54) is 11.3 Å². The highest BCUT2D eigenvalue weighted by Crippen LogP contribution is 2.36. The second kappa shape index (κ2) is 4.05. The molecule has 0 bridgehead atoms. The molecule has 0 fully saturated rings. The van der Waals surface area contributed by atoms with Crippen molar-refractivity contribution in [1.29, 1.82) is 0 Å². The molecule has 5 nitrogen and oxygen atoms in total. The molecule has 0 aromatic carbocycles. The van der Waals surface area contributed by atoms with Gasteiger partial charge in [-0.15, -0.1) is 11.3 Å². The molecule has 0 saturated carbocycles. The van der Waals surface area contributed by atoms with E-state index >= 15 is 0 Å². The van der Waals surface area contributed by atoms with Crippen LogP contribution in [0.3, 0.4) is 0 Å². The van der Waals surface area contributed by atoms with Crippen molar-refractivity contribution in [3.8, 4) is 0 Å². The highest BCUT2D eigenvalue weighted by atomic mass is 32.1. The molecule has 2 aromatic heterocycles. The Kier molecular flexibility index (Phi) is 2.69. The number of fused-ring (bicyclic) bond motifs is 3. The number of nitrogens with zero attached hydrogens (tertiary/aromatic N) is 1. The second-order valence-corrected chi connectivity index (χ2v) is 6.50. The van der Waals surface area contributed by atoms with Crippen LogP contribution in [0.1, 0.15) is 31.2 Å². The summed E-state index contributed by atoms with van der Waals surface area (Å²) < 4.78 is 7.39. The van der Waals surface area contributed by atoms with Gasteiger partial charge < -0.3 is 4.74 Å². The molecule has 0 saturated heterocycles. The number of rotatable bonds is 1. The number of ether oxygens (including phenoxy) is 1. The van der Waals surface area contributed by atoms with Gasteiger partial charge in [-0.1, -0.05) is 0 Å². The molecular formula is C13H16N2O3S. The van der Waals surface area contributed by atoms with Gasteiger partial charge in [-0.2, -0.15) is 0 Å². The molecule has 6 heteroatoms. The van der Waals surface area contributed by atoms with Crippen molar-refractivity contribution >= 4 is 21.6 Å². The van der Waals surface area contributed by atoms with E-state index in [0.717, 1.165) is 15.3 Å². The molecule has 0 radical (unpaired) electrons. The summed E-state index contributed by atoms with van der Waals surface area (Å²) in [5.41, 5.74) is 0.166. The monoisotopic (exact) mass is 280 g/mol. The molecule has 19 heavy (non-hydrogen) atoms. The number of thiophene rings is 1. The Labute approximate surface area is 113 Å². The van der Waals surface area contributed by atoms with Crippen molar-refractivity contribution in [2.24, 2.45) is 0 Å². The maximum atomic E-state index is 12.1. The Morgan fingerprint density at radius 1 is 1.42 bits per heavy atom. The fourth-order valence-corrected chi connectivity index (χ4v) is 3.86. The molecule has 0 aliphatic carbocycles. The average Bonchev–Trinajstić information content (AvgIpc) is 2.66. The third-order valence-electron chi connectivity index (χ3n) is 3.52. The number of H-pyrrole nitrogens is 1. The third-order valence-corrected chi connectivity index (χ3v) is 4.75. The van der Waals surface area contributed by atoms with Crippen molar-refractivity contribution in [3.05, 3.63) is 31.3 Å². The van der Waals surface area contributed by atoms with Crippen LogP contribution in [0.5, 0.6) is 0 Å². The zero-order chi connectivity index (χ0) is 13.8. The Hall–Kier alpha value is -1.40. The van der Waals surface area contributed by atoms with Crippen molar-refractivity contribution in [1.82, 2.24) is 9.55 Å². The van der Waals surface area contributed by atoms with Gasteiger partial charge in [0.05, 0.1) is 17.6 Å². The highest BCUT2D eigenvalue weighted by molar-refractivity contribution is 7.18. The van der Waals surface area contributed by atoms with Gasteiger partial charge in [0.15, 0.2) is 0 Å². The first-order valence-electron chi connectivity index (χ1n) is 6.34. The van der Waals surface area contributed by atoms with Crippen molar-refractivity contribution in [3.63, 3.8) is 0 Å². The number of hydrogen-bond donors (Lipinski definition) is 1. The Morgan fingerprint density at radius 2 is 2.16 bits per heavy atom. The molecule has 102 valence electrons. The summed E-state index contributed by atoms with van der Waals surface area (Å²) in [6.07, 6.45) is 0.702. The van der Waals surface area contributed by atoms with Crippen LogP contribution in [0.2, 0.25) is 0 Å². The molecular weight excluding hydrogens is 264 g/mol. The number of aromatic amines is 1. The second-order valence-electron chi connectivity index (χ2n) is 5.41. The number of nitrogens with one attached hydrogen (secondary N) is 1. The molecule has 1 aliphatic rings. The summed E-state index contributed by atoms with van der Waals surface area (Å²) in [6, 6.07) is 0. The minimum Gasteiger partial charge on any atom is -0.370 e. The van der Waals surface area contributed by atoms with Gasteiger partial charge in [0.25, 0.3) is 5.56 Å².